The van der Waals surface area contributed by atoms with E-state index in [0.717, 1.165) is 0 Å². The molecule has 1 heterocycles. The maximum atomic E-state index is 13.3. The molecule has 3 rings (SSSR count). The summed E-state index contributed by atoms with van der Waals surface area (Å²) in [4.78, 5) is 28.2. The molecule has 0 atom stereocenters. The van der Waals surface area contributed by atoms with E-state index in [0.29, 0.717) is 39.0 Å². The van der Waals surface area contributed by atoms with Crippen LogP contribution in [0.4, 0.5) is 5.69 Å². The number of carbonyl (C=O) groups is 2. The zero-order chi connectivity index (χ0) is 20.3. The number of nitrogens with zero attached hydrogens (tertiary/aromatic N) is 1. The van der Waals surface area contributed by atoms with E-state index in [1.807, 2.05) is 26.8 Å². The molecule has 28 heavy (non-hydrogen) atoms. The van der Waals surface area contributed by atoms with Crippen molar-refractivity contribution in [2.45, 2.75) is 26.9 Å². The number of hydrogen-bond acceptors (Lipinski definition) is 5. The van der Waals surface area contributed by atoms with Crippen molar-refractivity contribution in [2.24, 2.45) is 0 Å². The van der Waals surface area contributed by atoms with Crippen LogP contribution in [-0.4, -0.2) is 30.8 Å². The predicted octanol–water partition coefficient (Wildman–Crippen LogP) is 4.52. The average molecular weight is 397 g/mol. The number of anilines is 1. The highest BCUT2D eigenvalue weighted by atomic mass is 32.2. The van der Waals surface area contributed by atoms with E-state index in [4.69, 9.17) is 9.47 Å². The van der Waals surface area contributed by atoms with Crippen LogP contribution in [-0.2, 0) is 9.59 Å². The molecule has 6 heteroatoms. The number of ether oxygens (including phenoxy) is 2. The van der Waals surface area contributed by atoms with Crippen LogP contribution in [0.5, 0.6) is 11.5 Å². The number of imide groups is 1. The normalized spacial score (nSPS) is 14.2. The van der Waals surface area contributed by atoms with Crippen molar-refractivity contribution in [1.29, 1.82) is 0 Å². The largest absolute Gasteiger partial charge is 0.497 e. The van der Waals surface area contributed by atoms with E-state index >= 15 is 0 Å². The van der Waals surface area contributed by atoms with Gasteiger partial charge in [-0.15, -0.1) is 11.8 Å². The fourth-order valence-corrected chi connectivity index (χ4v) is 3.87. The summed E-state index contributed by atoms with van der Waals surface area (Å²) in [5, 5.41) is 0. The van der Waals surface area contributed by atoms with Gasteiger partial charge in [0.25, 0.3) is 11.8 Å². The van der Waals surface area contributed by atoms with Gasteiger partial charge in [0.05, 0.1) is 29.4 Å². The fraction of sp³-hybridized carbons (Fsp3) is 0.273. The number of thioether (sulfide) groups is 1. The van der Waals surface area contributed by atoms with E-state index < -0.39 is 0 Å². The molecular formula is C22H23NO4S. The molecule has 0 saturated carbocycles. The second kappa shape index (κ2) is 8.52. The Morgan fingerprint density at radius 1 is 1.00 bits per heavy atom. The van der Waals surface area contributed by atoms with Gasteiger partial charge >= 0.3 is 0 Å². The minimum absolute atomic E-state index is 0.0764. The molecule has 1 aliphatic rings. The predicted molar refractivity (Wildman–Crippen MR) is 113 cm³/mol. The molecule has 5 nitrogen and oxygen atoms in total. The lowest BCUT2D eigenvalue weighted by atomic mass is 10.1. The number of benzene rings is 2. The summed E-state index contributed by atoms with van der Waals surface area (Å²) in [6, 6.07) is 14.3. The van der Waals surface area contributed by atoms with Gasteiger partial charge in [-0.3, -0.25) is 9.59 Å². The summed E-state index contributed by atoms with van der Waals surface area (Å²) in [5.41, 5.74) is 1.57. The molecule has 0 aromatic heterocycles. The van der Waals surface area contributed by atoms with Crippen molar-refractivity contribution < 1.29 is 19.1 Å². The van der Waals surface area contributed by atoms with E-state index in [1.165, 1.54) is 16.7 Å². The van der Waals surface area contributed by atoms with Crippen molar-refractivity contribution in [3.05, 3.63) is 59.0 Å². The van der Waals surface area contributed by atoms with Gasteiger partial charge in [-0.05, 0) is 49.4 Å². The zero-order valence-electron chi connectivity index (χ0n) is 16.4. The van der Waals surface area contributed by atoms with Crippen molar-refractivity contribution in [3.8, 4) is 11.5 Å². The number of carbonyl (C=O) groups excluding carboxylic acids is 2. The Kier molecular flexibility index (Phi) is 6.09. The summed E-state index contributed by atoms with van der Waals surface area (Å²) in [6.07, 6.45) is -0.0764. The van der Waals surface area contributed by atoms with Crippen molar-refractivity contribution in [1.82, 2.24) is 0 Å². The van der Waals surface area contributed by atoms with E-state index in [2.05, 4.69) is 0 Å². The Bertz CT molecular complexity index is 918. The Morgan fingerprint density at radius 2 is 1.68 bits per heavy atom. The second-order valence-corrected chi connectivity index (χ2v) is 7.72. The number of hydrogen-bond donors (Lipinski definition) is 0. The second-order valence-electron chi connectivity index (χ2n) is 6.45. The van der Waals surface area contributed by atoms with Gasteiger partial charge in [0.1, 0.15) is 11.5 Å². The molecule has 0 saturated heterocycles. The third kappa shape index (κ3) is 3.78. The molecule has 0 N–H and O–H groups in total. The number of rotatable bonds is 7. The quantitative estimate of drug-likeness (QED) is 0.643. The summed E-state index contributed by atoms with van der Waals surface area (Å²) in [7, 11) is 1.59. The van der Waals surface area contributed by atoms with Crippen LogP contribution in [0, 0.1) is 0 Å². The molecule has 0 unspecified atom stereocenters. The van der Waals surface area contributed by atoms with Gasteiger partial charge in [-0.2, -0.15) is 0 Å². The SMILES string of the molecule is CCSC1=C(c2ccc(OC)cc2)C(=O)N(c2ccccc2OC(C)C)C1=O. The van der Waals surface area contributed by atoms with Gasteiger partial charge in [-0.1, -0.05) is 31.2 Å². The first-order valence-corrected chi connectivity index (χ1v) is 10.1. The molecule has 1 aliphatic heterocycles. The van der Waals surface area contributed by atoms with Crippen molar-refractivity contribution in [3.63, 3.8) is 0 Å². The highest BCUT2D eigenvalue weighted by molar-refractivity contribution is 8.04. The van der Waals surface area contributed by atoms with Crippen molar-refractivity contribution in [2.75, 3.05) is 17.8 Å². The maximum Gasteiger partial charge on any atom is 0.272 e. The highest BCUT2D eigenvalue weighted by Gasteiger charge is 2.41. The lowest BCUT2D eigenvalue weighted by Crippen LogP contribution is -2.32. The third-order valence-corrected chi connectivity index (χ3v) is 5.13. The summed E-state index contributed by atoms with van der Waals surface area (Å²) >= 11 is 1.38. The van der Waals surface area contributed by atoms with E-state index in [9.17, 15) is 9.59 Å². The Morgan fingerprint density at radius 3 is 2.29 bits per heavy atom. The van der Waals surface area contributed by atoms with Crippen LogP contribution >= 0.6 is 11.8 Å². The van der Waals surface area contributed by atoms with Gasteiger partial charge in [-0.25, -0.2) is 4.90 Å². The first-order valence-electron chi connectivity index (χ1n) is 9.13. The molecular weight excluding hydrogens is 374 g/mol. The Balaban J connectivity index is 2.07. The Labute approximate surface area is 169 Å². The minimum atomic E-state index is -0.342. The van der Waals surface area contributed by atoms with Crippen LogP contribution in [0.1, 0.15) is 26.3 Å². The first kappa shape index (κ1) is 20.0. The van der Waals surface area contributed by atoms with Crippen LogP contribution in [0.25, 0.3) is 5.57 Å². The van der Waals surface area contributed by atoms with Gasteiger partial charge in [0, 0.05) is 0 Å². The van der Waals surface area contributed by atoms with Crippen molar-refractivity contribution >= 4 is 34.8 Å². The van der Waals surface area contributed by atoms with Crippen LogP contribution in [0.15, 0.2) is 53.4 Å². The number of para-hydroxylation sites is 2. The standard InChI is InChI=1S/C22H23NO4S/c1-5-28-20-19(15-10-12-16(26-4)13-11-15)21(24)23(22(20)25)17-8-6-7-9-18(17)27-14(2)3/h6-14H,5H2,1-4H3. The summed E-state index contributed by atoms with van der Waals surface area (Å²) in [5.74, 6) is 1.23. The Hall–Kier alpha value is -2.73. The molecule has 0 bridgehead atoms. The highest BCUT2D eigenvalue weighted by Crippen LogP contribution is 2.41. The topological polar surface area (TPSA) is 55.8 Å². The first-order chi connectivity index (χ1) is 13.5. The maximum absolute atomic E-state index is 13.3. The van der Waals surface area contributed by atoms with Gasteiger partial charge in [0.15, 0.2) is 0 Å². The number of amides is 2. The summed E-state index contributed by atoms with van der Waals surface area (Å²) in [6.45, 7) is 5.77. The molecule has 2 aromatic carbocycles. The molecule has 146 valence electrons. The van der Waals surface area contributed by atoms with Gasteiger partial charge in [0.2, 0.25) is 0 Å². The van der Waals surface area contributed by atoms with Crippen LogP contribution in [0.2, 0.25) is 0 Å². The van der Waals surface area contributed by atoms with Gasteiger partial charge < -0.3 is 9.47 Å². The van der Waals surface area contributed by atoms with Crippen LogP contribution in [0.3, 0.4) is 0 Å². The molecule has 0 aliphatic carbocycles. The number of methoxy groups -OCH3 is 1. The lowest BCUT2D eigenvalue weighted by Gasteiger charge is -2.20. The third-order valence-electron chi connectivity index (χ3n) is 4.18. The molecule has 0 fully saturated rings. The molecule has 2 aromatic rings. The smallest absolute Gasteiger partial charge is 0.272 e. The molecule has 2 amide bonds. The lowest BCUT2D eigenvalue weighted by molar-refractivity contribution is -0.119. The summed E-state index contributed by atoms with van der Waals surface area (Å²) < 4.78 is 11.0. The molecule has 0 radical (unpaired) electrons. The fourth-order valence-electron chi connectivity index (χ4n) is 3.01. The van der Waals surface area contributed by atoms with Crippen LogP contribution < -0.4 is 14.4 Å². The van der Waals surface area contributed by atoms with E-state index in [-0.39, 0.29) is 17.9 Å². The monoisotopic (exact) mass is 397 g/mol. The van der Waals surface area contributed by atoms with E-state index in [1.54, 1.807) is 49.6 Å². The molecule has 0 spiro atoms. The average Bonchev–Trinajstić information content (AvgIpc) is 2.92. The zero-order valence-corrected chi connectivity index (χ0v) is 17.2. The minimum Gasteiger partial charge on any atom is -0.497 e.